The molecule has 0 spiro atoms. The number of nitrogens with zero attached hydrogens (tertiary/aromatic N) is 1. The molecule has 2 aromatic rings. The van der Waals surface area contributed by atoms with E-state index in [1.54, 1.807) is 12.1 Å². The fourth-order valence-electron chi connectivity index (χ4n) is 2.72. The Morgan fingerprint density at radius 2 is 1.76 bits per heavy atom. The number of carbonyl (C=O) groups is 1. The summed E-state index contributed by atoms with van der Waals surface area (Å²) < 4.78 is 43.2. The SMILES string of the molecule is CCN(CC)CCc1ccc(NC(=O)COc2ccc(C(F)(F)F)cc2Cl)cc1. The second-order valence-electron chi connectivity index (χ2n) is 6.45. The maximum atomic E-state index is 12.6. The van der Waals surface area contributed by atoms with E-state index in [9.17, 15) is 18.0 Å². The number of nitrogens with one attached hydrogen (secondary N) is 1. The summed E-state index contributed by atoms with van der Waals surface area (Å²) in [5.74, 6) is -0.418. The lowest BCUT2D eigenvalue weighted by Crippen LogP contribution is -2.25. The van der Waals surface area contributed by atoms with Crippen LogP contribution in [0, 0.1) is 0 Å². The molecule has 0 radical (unpaired) electrons. The quantitative estimate of drug-likeness (QED) is 0.592. The van der Waals surface area contributed by atoms with Crippen molar-refractivity contribution in [2.24, 2.45) is 0 Å². The van der Waals surface area contributed by atoms with Gasteiger partial charge in [0.2, 0.25) is 0 Å². The van der Waals surface area contributed by atoms with Crippen LogP contribution in [0.1, 0.15) is 25.0 Å². The highest BCUT2D eigenvalue weighted by Crippen LogP contribution is 2.34. The summed E-state index contributed by atoms with van der Waals surface area (Å²) in [4.78, 5) is 14.4. The molecule has 4 nitrogen and oxygen atoms in total. The van der Waals surface area contributed by atoms with Crippen molar-refractivity contribution in [3.8, 4) is 5.75 Å². The Balaban J connectivity index is 1.85. The molecule has 2 rings (SSSR count). The van der Waals surface area contributed by atoms with Crippen molar-refractivity contribution in [2.75, 3.05) is 31.6 Å². The predicted octanol–water partition coefficient (Wildman–Crippen LogP) is 5.26. The molecule has 0 fully saturated rings. The highest BCUT2D eigenvalue weighted by atomic mass is 35.5. The number of ether oxygens (including phenoxy) is 1. The van der Waals surface area contributed by atoms with Gasteiger partial charge in [-0.15, -0.1) is 0 Å². The van der Waals surface area contributed by atoms with Gasteiger partial charge in [-0.25, -0.2) is 0 Å². The average Bonchev–Trinajstić information content (AvgIpc) is 2.68. The minimum atomic E-state index is -4.49. The predicted molar refractivity (Wildman–Crippen MR) is 109 cm³/mol. The third-order valence-electron chi connectivity index (χ3n) is 4.47. The zero-order valence-corrected chi connectivity index (χ0v) is 17.1. The van der Waals surface area contributed by atoms with Crippen molar-refractivity contribution < 1.29 is 22.7 Å². The van der Waals surface area contributed by atoms with E-state index in [0.717, 1.165) is 44.3 Å². The summed E-state index contributed by atoms with van der Waals surface area (Å²) in [5, 5.41) is 2.48. The Labute approximate surface area is 173 Å². The third-order valence-corrected chi connectivity index (χ3v) is 4.76. The molecular weight excluding hydrogens is 405 g/mol. The van der Waals surface area contributed by atoms with E-state index >= 15 is 0 Å². The number of benzene rings is 2. The topological polar surface area (TPSA) is 41.6 Å². The van der Waals surface area contributed by atoms with Crippen molar-refractivity contribution in [3.05, 3.63) is 58.6 Å². The standard InChI is InChI=1S/C21H24ClF3N2O2/c1-3-27(4-2)12-11-15-5-8-17(9-6-15)26-20(28)14-29-19-10-7-16(13-18(19)22)21(23,24)25/h5-10,13H,3-4,11-12,14H2,1-2H3,(H,26,28). The van der Waals surface area contributed by atoms with E-state index in [-0.39, 0.29) is 17.4 Å². The third kappa shape index (κ3) is 7.25. The smallest absolute Gasteiger partial charge is 0.416 e. The van der Waals surface area contributed by atoms with Crippen LogP contribution in [0.4, 0.5) is 18.9 Å². The Hall–Kier alpha value is -2.25. The number of likely N-dealkylation sites (N-methyl/N-ethyl adjacent to an activating group) is 1. The van der Waals surface area contributed by atoms with E-state index in [1.165, 1.54) is 5.56 Å². The molecular formula is C21H24ClF3N2O2. The van der Waals surface area contributed by atoms with Gasteiger partial charge in [0.1, 0.15) is 5.75 Å². The van der Waals surface area contributed by atoms with Crippen LogP contribution in [0.3, 0.4) is 0 Å². The molecule has 1 N–H and O–H groups in total. The van der Waals surface area contributed by atoms with Gasteiger partial charge >= 0.3 is 6.18 Å². The molecule has 0 aliphatic carbocycles. The average molecular weight is 429 g/mol. The van der Waals surface area contributed by atoms with Crippen molar-refractivity contribution in [1.82, 2.24) is 4.90 Å². The van der Waals surface area contributed by atoms with Gasteiger partial charge in [0.25, 0.3) is 5.91 Å². The largest absolute Gasteiger partial charge is 0.482 e. The first-order chi connectivity index (χ1) is 13.7. The van der Waals surface area contributed by atoms with E-state index in [2.05, 4.69) is 24.1 Å². The second-order valence-corrected chi connectivity index (χ2v) is 6.86. The summed E-state index contributed by atoms with van der Waals surface area (Å²) in [6, 6.07) is 10.2. The molecule has 0 aliphatic heterocycles. The number of halogens is 4. The van der Waals surface area contributed by atoms with Gasteiger partial charge < -0.3 is 15.0 Å². The van der Waals surface area contributed by atoms with E-state index in [0.29, 0.717) is 5.69 Å². The zero-order chi connectivity index (χ0) is 21.4. The lowest BCUT2D eigenvalue weighted by atomic mass is 10.1. The van der Waals surface area contributed by atoms with Crippen LogP contribution in [0.25, 0.3) is 0 Å². The minimum absolute atomic E-state index is 0.0153. The van der Waals surface area contributed by atoms with Crippen molar-refractivity contribution in [3.63, 3.8) is 0 Å². The first-order valence-electron chi connectivity index (χ1n) is 9.33. The molecule has 2 aromatic carbocycles. The first kappa shape index (κ1) is 23.0. The minimum Gasteiger partial charge on any atom is -0.482 e. The summed E-state index contributed by atoms with van der Waals surface area (Å²) in [6.07, 6.45) is -3.57. The molecule has 29 heavy (non-hydrogen) atoms. The molecule has 0 aromatic heterocycles. The summed E-state index contributed by atoms with van der Waals surface area (Å²) in [5.41, 5.74) is 0.909. The molecule has 0 atom stereocenters. The van der Waals surface area contributed by atoms with Crippen LogP contribution < -0.4 is 10.1 Å². The van der Waals surface area contributed by atoms with Gasteiger partial charge in [0.05, 0.1) is 10.6 Å². The van der Waals surface area contributed by atoms with E-state index in [4.69, 9.17) is 16.3 Å². The Kier molecular flexibility index (Phi) is 8.34. The van der Waals surface area contributed by atoms with Crippen LogP contribution in [-0.4, -0.2) is 37.0 Å². The molecule has 158 valence electrons. The molecule has 0 aliphatic rings. The summed E-state index contributed by atoms with van der Waals surface area (Å²) in [6.45, 7) is 6.88. The van der Waals surface area contributed by atoms with Crippen molar-refractivity contribution in [1.29, 1.82) is 0 Å². The van der Waals surface area contributed by atoms with Gasteiger partial charge in [0, 0.05) is 12.2 Å². The lowest BCUT2D eigenvalue weighted by Gasteiger charge is -2.17. The van der Waals surface area contributed by atoms with E-state index in [1.807, 2.05) is 12.1 Å². The van der Waals surface area contributed by atoms with Gasteiger partial charge in [-0.1, -0.05) is 37.6 Å². The number of amides is 1. The molecule has 0 bridgehead atoms. The lowest BCUT2D eigenvalue weighted by molar-refractivity contribution is -0.137. The molecule has 0 heterocycles. The highest BCUT2D eigenvalue weighted by molar-refractivity contribution is 6.32. The van der Waals surface area contributed by atoms with Crippen LogP contribution in [-0.2, 0) is 17.4 Å². The van der Waals surface area contributed by atoms with E-state index < -0.39 is 17.6 Å². The maximum Gasteiger partial charge on any atom is 0.416 e. The molecule has 0 saturated heterocycles. The number of carbonyl (C=O) groups excluding carboxylic acids is 1. The Bertz CT molecular complexity index is 807. The van der Waals surface area contributed by atoms with Gasteiger partial charge in [-0.2, -0.15) is 13.2 Å². The van der Waals surface area contributed by atoms with Crippen LogP contribution in [0.2, 0.25) is 5.02 Å². The highest BCUT2D eigenvalue weighted by Gasteiger charge is 2.31. The second kappa shape index (κ2) is 10.5. The van der Waals surface area contributed by atoms with Crippen LogP contribution in [0.5, 0.6) is 5.75 Å². The normalized spacial score (nSPS) is 11.6. The zero-order valence-electron chi connectivity index (χ0n) is 16.4. The van der Waals surface area contributed by atoms with Gasteiger partial charge in [-0.05, 0) is 55.4 Å². The molecule has 1 amide bonds. The summed E-state index contributed by atoms with van der Waals surface area (Å²) >= 11 is 5.81. The number of hydrogen-bond acceptors (Lipinski definition) is 3. The first-order valence-corrected chi connectivity index (χ1v) is 9.71. The van der Waals surface area contributed by atoms with Gasteiger partial charge in [-0.3, -0.25) is 4.79 Å². The van der Waals surface area contributed by atoms with Crippen molar-refractivity contribution in [2.45, 2.75) is 26.4 Å². The Morgan fingerprint density at radius 1 is 1.10 bits per heavy atom. The Morgan fingerprint density at radius 3 is 2.31 bits per heavy atom. The fourth-order valence-corrected chi connectivity index (χ4v) is 2.95. The maximum absolute atomic E-state index is 12.6. The molecule has 0 saturated carbocycles. The number of anilines is 1. The number of rotatable bonds is 9. The van der Waals surface area contributed by atoms with Crippen LogP contribution in [0.15, 0.2) is 42.5 Å². The van der Waals surface area contributed by atoms with Crippen molar-refractivity contribution >= 4 is 23.2 Å². The van der Waals surface area contributed by atoms with Crippen LogP contribution >= 0.6 is 11.6 Å². The number of alkyl halides is 3. The monoisotopic (exact) mass is 428 g/mol. The van der Waals surface area contributed by atoms with Gasteiger partial charge in [0.15, 0.2) is 6.61 Å². The fraction of sp³-hybridized carbons (Fsp3) is 0.381. The molecule has 0 unspecified atom stereocenters. The number of hydrogen-bond donors (Lipinski definition) is 1. The molecule has 8 heteroatoms. The summed E-state index contributed by atoms with van der Waals surface area (Å²) in [7, 11) is 0.